The van der Waals surface area contributed by atoms with E-state index < -0.39 is 0 Å². The summed E-state index contributed by atoms with van der Waals surface area (Å²) in [6.45, 7) is 0.309. The molecule has 0 aromatic heterocycles. The fraction of sp³-hybridized carbons (Fsp3) is 0.769. The molecule has 0 heterocycles. The number of hydrogen-bond acceptors (Lipinski definition) is 2. The second-order valence-electron chi connectivity index (χ2n) is 4.86. The maximum absolute atomic E-state index is 11.3. The molecular weight excluding hydrogens is 188 g/mol. The van der Waals surface area contributed by atoms with Crippen molar-refractivity contribution in [1.29, 1.82) is 0 Å². The standard InChI is InChI=1S/C13H20O2/c14-7-3-1-2-4-10-5-6-11-8-12(15)9-13(10)11/h5,11,13-14H,1-4,6-9H2. The van der Waals surface area contributed by atoms with Crippen molar-refractivity contribution in [1.82, 2.24) is 0 Å². The van der Waals surface area contributed by atoms with Crippen LogP contribution >= 0.6 is 0 Å². The van der Waals surface area contributed by atoms with Crippen molar-refractivity contribution < 1.29 is 9.90 Å². The molecule has 0 spiro atoms. The number of ketones is 1. The zero-order valence-electron chi connectivity index (χ0n) is 9.24. The van der Waals surface area contributed by atoms with Crippen molar-refractivity contribution in [3.05, 3.63) is 11.6 Å². The number of aliphatic hydroxyl groups excluding tert-OH is 1. The van der Waals surface area contributed by atoms with E-state index in [4.69, 9.17) is 5.11 Å². The van der Waals surface area contributed by atoms with Gasteiger partial charge in [-0.05, 0) is 37.5 Å². The summed E-state index contributed by atoms with van der Waals surface area (Å²) in [6, 6.07) is 0. The third kappa shape index (κ3) is 2.49. The average molecular weight is 208 g/mol. The predicted octanol–water partition coefficient (Wildman–Crippen LogP) is 2.46. The second-order valence-corrected chi connectivity index (χ2v) is 4.86. The average Bonchev–Trinajstić information content (AvgIpc) is 2.73. The van der Waals surface area contributed by atoms with Crippen LogP contribution in [0.1, 0.15) is 44.9 Å². The molecule has 2 atom stereocenters. The minimum Gasteiger partial charge on any atom is -0.396 e. The maximum atomic E-state index is 11.3. The minimum absolute atomic E-state index is 0.309. The van der Waals surface area contributed by atoms with Crippen LogP contribution in [0.2, 0.25) is 0 Å². The number of hydrogen-bond donors (Lipinski definition) is 1. The van der Waals surface area contributed by atoms with Crippen molar-refractivity contribution in [3.8, 4) is 0 Å². The van der Waals surface area contributed by atoms with E-state index in [-0.39, 0.29) is 0 Å². The van der Waals surface area contributed by atoms with Gasteiger partial charge in [0.05, 0.1) is 0 Å². The summed E-state index contributed by atoms with van der Waals surface area (Å²) < 4.78 is 0. The van der Waals surface area contributed by atoms with Crippen molar-refractivity contribution >= 4 is 5.78 Å². The van der Waals surface area contributed by atoms with Gasteiger partial charge in [0.25, 0.3) is 0 Å². The summed E-state index contributed by atoms with van der Waals surface area (Å²) >= 11 is 0. The van der Waals surface area contributed by atoms with Crippen LogP contribution in [0.4, 0.5) is 0 Å². The monoisotopic (exact) mass is 208 g/mol. The highest BCUT2D eigenvalue weighted by Gasteiger charge is 2.37. The van der Waals surface area contributed by atoms with E-state index in [1.807, 2.05) is 0 Å². The molecule has 0 aromatic carbocycles. The Kier molecular flexibility index (Phi) is 3.57. The van der Waals surface area contributed by atoms with Gasteiger partial charge in [0.2, 0.25) is 0 Å². The molecule has 1 N–H and O–H groups in total. The number of carbonyl (C=O) groups is 1. The van der Waals surface area contributed by atoms with Crippen LogP contribution in [0.15, 0.2) is 11.6 Å². The molecule has 0 aliphatic heterocycles. The van der Waals surface area contributed by atoms with Gasteiger partial charge in [0, 0.05) is 19.4 Å². The van der Waals surface area contributed by atoms with Crippen molar-refractivity contribution in [2.75, 3.05) is 6.61 Å². The van der Waals surface area contributed by atoms with E-state index in [2.05, 4.69) is 6.08 Å². The lowest BCUT2D eigenvalue weighted by Crippen LogP contribution is -2.03. The summed E-state index contributed by atoms with van der Waals surface area (Å²) in [4.78, 5) is 11.3. The van der Waals surface area contributed by atoms with Gasteiger partial charge in [-0.3, -0.25) is 4.79 Å². The number of Topliss-reactive ketones (excluding diaryl/α,β-unsaturated/α-hetero) is 1. The molecule has 84 valence electrons. The van der Waals surface area contributed by atoms with Crippen molar-refractivity contribution in [2.45, 2.75) is 44.9 Å². The van der Waals surface area contributed by atoms with Gasteiger partial charge < -0.3 is 5.11 Å². The molecule has 15 heavy (non-hydrogen) atoms. The van der Waals surface area contributed by atoms with Gasteiger partial charge in [-0.2, -0.15) is 0 Å². The van der Waals surface area contributed by atoms with Gasteiger partial charge in [-0.25, -0.2) is 0 Å². The second kappa shape index (κ2) is 4.93. The third-order valence-corrected chi connectivity index (χ3v) is 3.79. The Morgan fingerprint density at radius 3 is 2.93 bits per heavy atom. The molecule has 2 heteroatoms. The first-order chi connectivity index (χ1) is 7.31. The van der Waals surface area contributed by atoms with Gasteiger partial charge in [0.15, 0.2) is 0 Å². The molecule has 0 saturated heterocycles. The minimum atomic E-state index is 0.309. The number of carbonyl (C=O) groups excluding carboxylic acids is 1. The zero-order chi connectivity index (χ0) is 10.7. The summed E-state index contributed by atoms with van der Waals surface area (Å²) in [5, 5.41) is 8.68. The zero-order valence-corrected chi connectivity index (χ0v) is 9.24. The Labute approximate surface area is 91.4 Å². The molecular formula is C13H20O2. The van der Waals surface area contributed by atoms with Gasteiger partial charge in [0.1, 0.15) is 5.78 Å². The van der Waals surface area contributed by atoms with Crippen LogP contribution in [0.25, 0.3) is 0 Å². The van der Waals surface area contributed by atoms with Crippen molar-refractivity contribution in [2.24, 2.45) is 11.8 Å². The Morgan fingerprint density at radius 2 is 2.13 bits per heavy atom. The molecule has 0 amide bonds. The maximum Gasteiger partial charge on any atom is 0.133 e. The SMILES string of the molecule is O=C1CC2CC=C(CCCCCO)C2C1. The first kappa shape index (κ1) is 10.9. The summed E-state index contributed by atoms with van der Waals surface area (Å²) in [7, 11) is 0. The lowest BCUT2D eigenvalue weighted by atomic mass is 9.92. The largest absolute Gasteiger partial charge is 0.396 e. The summed E-state index contributed by atoms with van der Waals surface area (Å²) in [5.74, 6) is 1.70. The topological polar surface area (TPSA) is 37.3 Å². The third-order valence-electron chi connectivity index (χ3n) is 3.79. The number of fused-ring (bicyclic) bond motifs is 1. The molecule has 2 nitrogen and oxygen atoms in total. The molecule has 0 bridgehead atoms. The fourth-order valence-corrected chi connectivity index (χ4v) is 2.97. The number of allylic oxidation sites excluding steroid dienone is 2. The van der Waals surface area contributed by atoms with Crippen LogP contribution in [-0.2, 0) is 4.79 Å². The van der Waals surface area contributed by atoms with E-state index in [0.29, 0.717) is 24.2 Å². The molecule has 1 fully saturated rings. The molecule has 1 saturated carbocycles. The van der Waals surface area contributed by atoms with Crippen LogP contribution < -0.4 is 0 Å². The lowest BCUT2D eigenvalue weighted by molar-refractivity contribution is -0.117. The van der Waals surface area contributed by atoms with E-state index in [9.17, 15) is 4.79 Å². The Bertz CT molecular complexity index is 268. The highest BCUT2D eigenvalue weighted by Crippen LogP contribution is 2.44. The Balaban J connectivity index is 1.76. The number of unbranched alkanes of at least 4 members (excludes halogenated alkanes) is 2. The normalized spacial score (nSPS) is 29.4. The molecule has 0 aromatic rings. The lowest BCUT2D eigenvalue weighted by Gasteiger charge is -2.12. The summed E-state index contributed by atoms with van der Waals surface area (Å²) in [5.41, 5.74) is 1.53. The van der Waals surface area contributed by atoms with E-state index in [1.165, 1.54) is 12.0 Å². The predicted molar refractivity (Wildman–Crippen MR) is 59.5 cm³/mol. The first-order valence-electron chi connectivity index (χ1n) is 6.12. The number of aliphatic hydroxyl groups is 1. The highest BCUT2D eigenvalue weighted by molar-refractivity contribution is 5.82. The van der Waals surface area contributed by atoms with Gasteiger partial charge >= 0.3 is 0 Å². The number of rotatable bonds is 5. The van der Waals surface area contributed by atoms with Crippen LogP contribution in [0.3, 0.4) is 0 Å². The molecule has 2 aliphatic carbocycles. The smallest absolute Gasteiger partial charge is 0.133 e. The van der Waals surface area contributed by atoms with Gasteiger partial charge in [-0.1, -0.05) is 18.1 Å². The van der Waals surface area contributed by atoms with Crippen LogP contribution in [0.5, 0.6) is 0 Å². The highest BCUT2D eigenvalue weighted by atomic mass is 16.2. The van der Waals surface area contributed by atoms with E-state index in [1.54, 1.807) is 0 Å². The summed E-state index contributed by atoms with van der Waals surface area (Å²) in [6.07, 6.45) is 9.46. The molecule has 2 rings (SSSR count). The first-order valence-corrected chi connectivity index (χ1v) is 6.12. The molecule has 2 unspecified atom stereocenters. The van der Waals surface area contributed by atoms with E-state index >= 15 is 0 Å². The Morgan fingerprint density at radius 1 is 1.27 bits per heavy atom. The van der Waals surface area contributed by atoms with Crippen LogP contribution in [0, 0.1) is 11.8 Å². The van der Waals surface area contributed by atoms with Crippen LogP contribution in [-0.4, -0.2) is 17.5 Å². The van der Waals surface area contributed by atoms with Crippen molar-refractivity contribution in [3.63, 3.8) is 0 Å². The fourth-order valence-electron chi connectivity index (χ4n) is 2.97. The Hall–Kier alpha value is -0.630. The quantitative estimate of drug-likeness (QED) is 0.556. The van der Waals surface area contributed by atoms with Gasteiger partial charge in [-0.15, -0.1) is 0 Å². The molecule has 2 aliphatic rings. The molecule has 0 radical (unpaired) electrons. The van der Waals surface area contributed by atoms with E-state index in [0.717, 1.165) is 38.5 Å².